The van der Waals surface area contributed by atoms with E-state index in [9.17, 15) is 4.79 Å². The van der Waals surface area contributed by atoms with Crippen LogP contribution in [-0.4, -0.2) is 28.4 Å². The lowest BCUT2D eigenvalue weighted by atomic mass is 9.95. The van der Waals surface area contributed by atoms with Gasteiger partial charge in [-0.25, -0.2) is 0 Å². The molecule has 4 rings (SSSR count). The predicted molar refractivity (Wildman–Crippen MR) is 134 cm³/mol. The molecule has 0 aliphatic heterocycles. The Balaban J connectivity index is 2.01. The SMILES string of the molecule is COc1ccc(/C=C(\C)c2cc(OC)cc(OC)c2-c2oc3ccccc3c(=O)c2OC)cc1. The summed E-state index contributed by atoms with van der Waals surface area (Å²) < 4.78 is 28.3. The Morgan fingerprint density at radius 1 is 0.824 bits per heavy atom. The summed E-state index contributed by atoms with van der Waals surface area (Å²) in [5.74, 6) is 2.29. The molecule has 0 spiro atoms. The molecule has 1 heterocycles. The molecule has 6 heteroatoms. The number of allylic oxidation sites excluding steroid dienone is 1. The molecule has 0 N–H and O–H groups in total. The van der Waals surface area contributed by atoms with Crippen LogP contribution in [-0.2, 0) is 0 Å². The molecule has 0 aliphatic rings. The van der Waals surface area contributed by atoms with E-state index in [1.807, 2.05) is 49.4 Å². The van der Waals surface area contributed by atoms with Crippen molar-refractivity contribution in [2.75, 3.05) is 28.4 Å². The Bertz CT molecular complexity index is 1410. The number of hydrogen-bond acceptors (Lipinski definition) is 6. The van der Waals surface area contributed by atoms with Crippen molar-refractivity contribution in [3.63, 3.8) is 0 Å². The topological polar surface area (TPSA) is 67.1 Å². The summed E-state index contributed by atoms with van der Waals surface area (Å²) in [5, 5.41) is 0.447. The van der Waals surface area contributed by atoms with Gasteiger partial charge in [-0.05, 0) is 54.0 Å². The van der Waals surface area contributed by atoms with E-state index in [2.05, 4.69) is 0 Å². The molecule has 0 bridgehead atoms. The van der Waals surface area contributed by atoms with E-state index in [-0.39, 0.29) is 11.2 Å². The normalized spacial score (nSPS) is 11.4. The van der Waals surface area contributed by atoms with Crippen molar-refractivity contribution in [3.8, 4) is 34.3 Å². The van der Waals surface area contributed by atoms with Gasteiger partial charge in [0, 0.05) is 6.07 Å². The maximum Gasteiger partial charge on any atom is 0.235 e. The Morgan fingerprint density at radius 2 is 1.53 bits per heavy atom. The Labute approximate surface area is 198 Å². The number of rotatable bonds is 7. The maximum atomic E-state index is 13.2. The molecule has 0 radical (unpaired) electrons. The van der Waals surface area contributed by atoms with Crippen LogP contribution in [0.25, 0.3) is 33.9 Å². The first-order chi connectivity index (χ1) is 16.5. The summed E-state index contributed by atoms with van der Waals surface area (Å²) in [6.45, 7) is 1.98. The van der Waals surface area contributed by atoms with Crippen LogP contribution >= 0.6 is 0 Å². The lowest BCUT2D eigenvalue weighted by molar-refractivity contribution is 0.388. The summed E-state index contributed by atoms with van der Waals surface area (Å²) in [6.07, 6.45) is 2.03. The van der Waals surface area contributed by atoms with E-state index < -0.39 is 0 Å². The van der Waals surface area contributed by atoms with Crippen molar-refractivity contribution >= 4 is 22.6 Å². The van der Waals surface area contributed by atoms with E-state index in [0.717, 1.165) is 22.4 Å². The van der Waals surface area contributed by atoms with Gasteiger partial charge in [0.05, 0.1) is 39.4 Å². The van der Waals surface area contributed by atoms with Crippen molar-refractivity contribution < 1.29 is 23.4 Å². The predicted octanol–water partition coefficient (Wildman–Crippen LogP) is 6.05. The number of methoxy groups -OCH3 is 4. The third kappa shape index (κ3) is 4.22. The molecule has 0 aliphatic carbocycles. The number of benzene rings is 3. The van der Waals surface area contributed by atoms with E-state index in [4.69, 9.17) is 23.4 Å². The Morgan fingerprint density at radius 3 is 2.18 bits per heavy atom. The maximum absolute atomic E-state index is 13.2. The van der Waals surface area contributed by atoms with Crippen LogP contribution in [0.4, 0.5) is 0 Å². The summed E-state index contributed by atoms with van der Waals surface area (Å²) in [5.41, 5.74) is 3.49. The van der Waals surface area contributed by atoms with E-state index in [0.29, 0.717) is 33.8 Å². The van der Waals surface area contributed by atoms with Gasteiger partial charge in [-0.1, -0.05) is 30.3 Å². The standard InChI is InChI=1S/C28H26O6/c1-17(14-18-10-12-19(30-2)13-11-18)22-15-20(31-3)16-24(32-4)25(22)27-28(33-5)26(29)21-8-6-7-9-23(21)34-27/h6-16H,1-5H3/b17-14+. The van der Waals surface area contributed by atoms with Gasteiger partial charge in [0.15, 0.2) is 5.76 Å². The summed E-state index contributed by atoms with van der Waals surface area (Å²) in [7, 11) is 6.25. The van der Waals surface area contributed by atoms with Crippen molar-refractivity contribution in [1.82, 2.24) is 0 Å². The lowest BCUT2D eigenvalue weighted by Crippen LogP contribution is -2.08. The minimum absolute atomic E-state index is 0.112. The van der Waals surface area contributed by atoms with E-state index >= 15 is 0 Å². The van der Waals surface area contributed by atoms with Gasteiger partial charge in [0.2, 0.25) is 11.2 Å². The van der Waals surface area contributed by atoms with Crippen LogP contribution in [0.1, 0.15) is 18.1 Å². The Kier molecular flexibility index (Phi) is 6.59. The van der Waals surface area contributed by atoms with Crippen LogP contribution in [0.15, 0.2) is 69.9 Å². The highest BCUT2D eigenvalue weighted by atomic mass is 16.5. The monoisotopic (exact) mass is 458 g/mol. The van der Waals surface area contributed by atoms with Crippen molar-refractivity contribution in [3.05, 3.63) is 82.0 Å². The molecule has 6 nitrogen and oxygen atoms in total. The van der Waals surface area contributed by atoms with Gasteiger partial charge in [0.1, 0.15) is 22.8 Å². The van der Waals surface area contributed by atoms with Gasteiger partial charge in [-0.2, -0.15) is 0 Å². The molecular weight excluding hydrogens is 432 g/mol. The third-order valence-electron chi connectivity index (χ3n) is 5.64. The van der Waals surface area contributed by atoms with Crippen LogP contribution in [0.2, 0.25) is 0 Å². The first kappa shape index (κ1) is 23.0. The Hall–Kier alpha value is -4.19. The van der Waals surface area contributed by atoms with Gasteiger partial charge >= 0.3 is 0 Å². The lowest BCUT2D eigenvalue weighted by Gasteiger charge is -2.18. The highest BCUT2D eigenvalue weighted by Crippen LogP contribution is 2.44. The number of ether oxygens (including phenoxy) is 4. The molecule has 0 saturated carbocycles. The highest BCUT2D eigenvalue weighted by Gasteiger charge is 2.24. The van der Waals surface area contributed by atoms with Gasteiger partial charge in [-0.15, -0.1) is 0 Å². The smallest absolute Gasteiger partial charge is 0.235 e. The first-order valence-corrected chi connectivity index (χ1v) is 10.7. The van der Waals surface area contributed by atoms with Gasteiger partial charge in [0.25, 0.3) is 0 Å². The van der Waals surface area contributed by atoms with Crippen molar-refractivity contribution in [2.24, 2.45) is 0 Å². The minimum Gasteiger partial charge on any atom is -0.497 e. The zero-order valence-electron chi connectivity index (χ0n) is 19.8. The average Bonchev–Trinajstić information content (AvgIpc) is 2.88. The first-order valence-electron chi connectivity index (χ1n) is 10.7. The molecule has 174 valence electrons. The zero-order valence-corrected chi connectivity index (χ0v) is 19.8. The van der Waals surface area contributed by atoms with Crippen LogP contribution < -0.4 is 24.4 Å². The second kappa shape index (κ2) is 9.75. The fourth-order valence-corrected chi connectivity index (χ4v) is 3.92. The fraction of sp³-hybridized carbons (Fsp3) is 0.179. The summed E-state index contributed by atoms with van der Waals surface area (Å²) in [6, 6.07) is 18.5. The highest BCUT2D eigenvalue weighted by molar-refractivity contribution is 5.93. The number of para-hydroxylation sites is 1. The molecule has 34 heavy (non-hydrogen) atoms. The number of hydrogen-bond donors (Lipinski definition) is 0. The third-order valence-corrected chi connectivity index (χ3v) is 5.64. The molecule has 0 unspecified atom stereocenters. The molecule has 0 atom stereocenters. The van der Waals surface area contributed by atoms with E-state index in [1.165, 1.54) is 7.11 Å². The average molecular weight is 459 g/mol. The second-order valence-electron chi connectivity index (χ2n) is 7.64. The molecule has 4 aromatic rings. The minimum atomic E-state index is -0.250. The van der Waals surface area contributed by atoms with Gasteiger partial charge in [-0.3, -0.25) is 4.79 Å². The van der Waals surface area contributed by atoms with E-state index in [1.54, 1.807) is 45.6 Å². The quantitative estimate of drug-likeness (QED) is 0.314. The van der Waals surface area contributed by atoms with Crippen LogP contribution in [0.3, 0.4) is 0 Å². The zero-order chi connectivity index (χ0) is 24.2. The van der Waals surface area contributed by atoms with Crippen LogP contribution in [0.5, 0.6) is 23.0 Å². The fourth-order valence-electron chi connectivity index (χ4n) is 3.92. The molecule has 1 aromatic heterocycles. The summed E-state index contributed by atoms with van der Waals surface area (Å²) >= 11 is 0. The molecule has 0 amide bonds. The van der Waals surface area contributed by atoms with Crippen molar-refractivity contribution in [1.29, 1.82) is 0 Å². The summed E-state index contributed by atoms with van der Waals surface area (Å²) in [4.78, 5) is 13.2. The van der Waals surface area contributed by atoms with Crippen LogP contribution in [0, 0.1) is 0 Å². The number of fused-ring (bicyclic) bond motifs is 1. The molecular formula is C28H26O6. The molecule has 0 fully saturated rings. The molecule has 3 aromatic carbocycles. The van der Waals surface area contributed by atoms with Crippen molar-refractivity contribution in [2.45, 2.75) is 6.92 Å². The largest absolute Gasteiger partial charge is 0.497 e. The van der Waals surface area contributed by atoms with Gasteiger partial charge < -0.3 is 23.4 Å². The second-order valence-corrected chi connectivity index (χ2v) is 7.64. The molecule has 0 saturated heterocycles.